The minimum Gasteiger partial charge on any atom is -0.475 e. The van der Waals surface area contributed by atoms with Crippen LogP contribution < -0.4 is 0 Å². The van der Waals surface area contributed by atoms with Crippen LogP contribution in [0, 0.1) is 0 Å². The molecule has 0 aliphatic heterocycles. The highest BCUT2D eigenvalue weighted by Crippen LogP contribution is 2.13. The Kier molecular flexibility index (Phi) is 5.87. The van der Waals surface area contributed by atoms with Gasteiger partial charge in [0.05, 0.1) is 0 Å². The van der Waals surface area contributed by atoms with Gasteiger partial charge in [-0.15, -0.1) is 12.6 Å². The van der Waals surface area contributed by atoms with E-state index in [0.717, 1.165) is 0 Å². The smallest absolute Gasteiger partial charge is 0.475 e. The Balaban J connectivity index is 0. The van der Waals surface area contributed by atoms with E-state index in [4.69, 9.17) is 9.90 Å². The van der Waals surface area contributed by atoms with E-state index in [-0.39, 0.29) is 5.12 Å². The molecule has 0 aromatic carbocycles. The van der Waals surface area contributed by atoms with Gasteiger partial charge in [0.25, 0.3) is 0 Å². The fraction of sp³-hybridized carbons (Fsp3) is 0.500. The van der Waals surface area contributed by atoms with Crippen LogP contribution in [-0.2, 0) is 9.59 Å². The maximum Gasteiger partial charge on any atom is 0.490 e. The lowest BCUT2D eigenvalue weighted by molar-refractivity contribution is -0.192. The van der Waals surface area contributed by atoms with Crippen molar-refractivity contribution in [2.75, 3.05) is 0 Å². The van der Waals surface area contributed by atoms with E-state index in [2.05, 4.69) is 12.6 Å². The molecule has 11 heavy (non-hydrogen) atoms. The van der Waals surface area contributed by atoms with E-state index in [1.807, 2.05) is 0 Å². The van der Waals surface area contributed by atoms with Crippen molar-refractivity contribution >= 4 is 23.7 Å². The molecule has 66 valence electrons. The summed E-state index contributed by atoms with van der Waals surface area (Å²) >= 11 is 3.33. The standard InChI is InChI=1S/C2HF3O2.C2H4OS/c3-2(4,5)1(6)7;1-2(3)4/h(H,6,7);1H3,(H,3,4). The Morgan fingerprint density at radius 2 is 1.45 bits per heavy atom. The molecular formula is C4H5F3O3S. The minimum absolute atomic E-state index is 0.139. The molecule has 0 aliphatic carbocycles. The molecule has 0 saturated heterocycles. The van der Waals surface area contributed by atoms with Crippen LogP contribution in [0.3, 0.4) is 0 Å². The number of carboxylic acids is 1. The maximum atomic E-state index is 10.6. The molecule has 0 aliphatic rings. The molecule has 0 heterocycles. The van der Waals surface area contributed by atoms with Crippen molar-refractivity contribution in [3.63, 3.8) is 0 Å². The molecule has 0 fully saturated rings. The first-order valence-corrected chi connectivity index (χ1v) is 2.62. The van der Waals surface area contributed by atoms with Gasteiger partial charge in [0.15, 0.2) is 5.12 Å². The molecule has 0 aromatic heterocycles. The van der Waals surface area contributed by atoms with Crippen molar-refractivity contribution in [3.05, 3.63) is 0 Å². The van der Waals surface area contributed by atoms with E-state index in [9.17, 15) is 18.0 Å². The number of halogens is 3. The fourth-order valence-corrected chi connectivity index (χ4v) is 0. The van der Waals surface area contributed by atoms with Gasteiger partial charge < -0.3 is 5.11 Å². The van der Waals surface area contributed by atoms with Crippen LogP contribution in [0.2, 0.25) is 0 Å². The summed E-state index contributed by atoms with van der Waals surface area (Å²) in [6.07, 6.45) is -5.08. The van der Waals surface area contributed by atoms with Gasteiger partial charge in [-0.3, -0.25) is 4.79 Å². The summed E-state index contributed by atoms with van der Waals surface area (Å²) in [4.78, 5) is 18.2. The number of thiol groups is 1. The molecular weight excluding hydrogens is 185 g/mol. The van der Waals surface area contributed by atoms with Crippen LogP contribution in [0.1, 0.15) is 6.92 Å². The van der Waals surface area contributed by atoms with Crippen LogP contribution in [-0.4, -0.2) is 22.4 Å². The molecule has 0 bridgehead atoms. The van der Waals surface area contributed by atoms with E-state index in [1.54, 1.807) is 0 Å². The first-order chi connectivity index (χ1) is 4.68. The van der Waals surface area contributed by atoms with Crippen molar-refractivity contribution in [1.82, 2.24) is 0 Å². The van der Waals surface area contributed by atoms with Crippen LogP contribution >= 0.6 is 12.6 Å². The van der Waals surface area contributed by atoms with Crippen LogP contribution in [0.5, 0.6) is 0 Å². The SMILES string of the molecule is CC(=O)S.O=C(O)C(F)(F)F. The first-order valence-electron chi connectivity index (χ1n) is 2.17. The van der Waals surface area contributed by atoms with Crippen molar-refractivity contribution < 1.29 is 27.9 Å². The van der Waals surface area contributed by atoms with Crippen LogP contribution in [0.15, 0.2) is 0 Å². The van der Waals surface area contributed by atoms with Gasteiger partial charge in [0.1, 0.15) is 0 Å². The number of aliphatic carboxylic acids is 1. The predicted octanol–water partition coefficient (Wildman–Crippen LogP) is 1.10. The van der Waals surface area contributed by atoms with Gasteiger partial charge in [-0.2, -0.15) is 13.2 Å². The molecule has 7 heteroatoms. The van der Waals surface area contributed by atoms with Gasteiger partial charge in [-0.05, 0) is 0 Å². The number of carbonyl (C=O) groups is 2. The van der Waals surface area contributed by atoms with Gasteiger partial charge in [0, 0.05) is 6.92 Å². The molecule has 0 saturated carbocycles. The van der Waals surface area contributed by atoms with Crippen molar-refractivity contribution in [1.29, 1.82) is 0 Å². The second-order valence-corrected chi connectivity index (χ2v) is 1.95. The maximum absolute atomic E-state index is 10.6. The van der Waals surface area contributed by atoms with Crippen LogP contribution in [0.25, 0.3) is 0 Å². The molecule has 0 atom stereocenters. The Hall–Kier alpha value is -0.720. The Labute approximate surface area is 65.6 Å². The van der Waals surface area contributed by atoms with Crippen molar-refractivity contribution in [3.8, 4) is 0 Å². The van der Waals surface area contributed by atoms with E-state index >= 15 is 0 Å². The largest absolute Gasteiger partial charge is 0.490 e. The van der Waals surface area contributed by atoms with Gasteiger partial charge in [0.2, 0.25) is 0 Å². The third-order valence-electron chi connectivity index (χ3n) is 0.243. The Morgan fingerprint density at radius 1 is 1.36 bits per heavy atom. The number of rotatable bonds is 0. The lowest BCUT2D eigenvalue weighted by atomic mass is 10.7. The summed E-state index contributed by atoms with van der Waals surface area (Å²) in [6.45, 7) is 1.39. The molecule has 0 unspecified atom stereocenters. The molecule has 0 spiro atoms. The normalized spacial score (nSPS) is 9.55. The van der Waals surface area contributed by atoms with Gasteiger partial charge >= 0.3 is 12.1 Å². The van der Waals surface area contributed by atoms with E-state index in [1.165, 1.54) is 6.92 Å². The van der Waals surface area contributed by atoms with Crippen LogP contribution in [0.4, 0.5) is 13.2 Å². The predicted molar refractivity (Wildman–Crippen MR) is 33.4 cm³/mol. The number of hydrogen-bond acceptors (Lipinski definition) is 2. The zero-order valence-corrected chi connectivity index (χ0v) is 6.24. The number of hydrogen-bond donors (Lipinski definition) is 2. The second-order valence-electron chi connectivity index (χ2n) is 1.32. The summed E-state index contributed by atoms with van der Waals surface area (Å²) in [5.41, 5.74) is 0. The topological polar surface area (TPSA) is 54.4 Å². The molecule has 0 rings (SSSR count). The Bertz CT molecular complexity index is 149. The monoisotopic (exact) mass is 190 g/mol. The molecule has 3 nitrogen and oxygen atoms in total. The lowest BCUT2D eigenvalue weighted by Crippen LogP contribution is -2.21. The molecule has 0 amide bonds. The number of alkyl halides is 3. The number of carboxylic acid groups (broad SMARTS) is 1. The average molecular weight is 190 g/mol. The summed E-state index contributed by atoms with van der Waals surface area (Å²) in [7, 11) is 0. The lowest BCUT2D eigenvalue weighted by Gasteiger charge is -1.93. The fourth-order valence-electron chi connectivity index (χ4n) is 0. The summed E-state index contributed by atoms with van der Waals surface area (Å²) in [5, 5.41) is 6.99. The van der Waals surface area contributed by atoms with E-state index in [0.29, 0.717) is 0 Å². The summed E-state index contributed by atoms with van der Waals surface area (Å²) < 4.78 is 31.7. The highest BCUT2D eigenvalue weighted by atomic mass is 32.1. The highest BCUT2D eigenvalue weighted by Gasteiger charge is 2.38. The number of carbonyl (C=O) groups excluding carboxylic acids is 1. The van der Waals surface area contributed by atoms with Gasteiger partial charge in [-0.25, -0.2) is 4.79 Å². The minimum atomic E-state index is -5.08. The molecule has 0 radical (unpaired) electrons. The highest BCUT2D eigenvalue weighted by molar-refractivity contribution is 7.96. The van der Waals surface area contributed by atoms with Gasteiger partial charge in [-0.1, -0.05) is 0 Å². The summed E-state index contributed by atoms with van der Waals surface area (Å²) in [5.74, 6) is -2.76. The van der Waals surface area contributed by atoms with E-state index < -0.39 is 12.1 Å². The van der Waals surface area contributed by atoms with Crippen molar-refractivity contribution in [2.24, 2.45) is 0 Å². The third kappa shape index (κ3) is 17.6. The average Bonchev–Trinajstić information content (AvgIpc) is 1.59. The molecule has 1 N–H and O–H groups in total. The second kappa shape index (κ2) is 5.00. The third-order valence-corrected chi connectivity index (χ3v) is 0.243. The quantitative estimate of drug-likeness (QED) is 0.562. The molecule has 0 aromatic rings. The van der Waals surface area contributed by atoms with Crippen molar-refractivity contribution in [2.45, 2.75) is 13.1 Å². The first kappa shape index (κ1) is 12.9. The zero-order valence-electron chi connectivity index (χ0n) is 5.34. The Morgan fingerprint density at radius 3 is 1.45 bits per heavy atom. The zero-order chi connectivity index (χ0) is 9.65. The summed E-state index contributed by atoms with van der Waals surface area (Å²) in [6, 6.07) is 0.